The molecule has 0 saturated carbocycles. The first kappa shape index (κ1) is 25.4. The summed E-state index contributed by atoms with van der Waals surface area (Å²) >= 11 is 0. The van der Waals surface area contributed by atoms with E-state index in [0.29, 0.717) is 28.3 Å². The molecule has 0 aliphatic rings. The van der Waals surface area contributed by atoms with E-state index >= 15 is 0 Å². The normalized spacial score (nSPS) is 11.6. The zero-order valence-electron chi connectivity index (χ0n) is 20.7. The molecule has 4 aromatic rings. The van der Waals surface area contributed by atoms with Crippen molar-refractivity contribution < 1.29 is 14.3 Å². The van der Waals surface area contributed by atoms with E-state index in [1.165, 1.54) is 4.90 Å². The molecule has 0 radical (unpaired) electrons. The van der Waals surface area contributed by atoms with Crippen LogP contribution < -0.4 is 16.0 Å². The van der Waals surface area contributed by atoms with Gasteiger partial charge in [-0.2, -0.15) is 0 Å². The van der Waals surface area contributed by atoms with Gasteiger partial charge in [0.15, 0.2) is 0 Å². The summed E-state index contributed by atoms with van der Waals surface area (Å²) < 4.78 is 5.02. The second-order valence-corrected chi connectivity index (χ2v) is 8.41. The molecule has 190 valence electrons. The van der Waals surface area contributed by atoms with Crippen LogP contribution in [0.5, 0.6) is 0 Å². The summed E-state index contributed by atoms with van der Waals surface area (Å²) in [5, 5.41) is 10.9. The van der Waals surface area contributed by atoms with E-state index in [4.69, 9.17) is 15.9 Å². The number of pyridine rings is 1. The number of H-pyrrole nitrogens is 1. The Morgan fingerprint density at radius 1 is 1.14 bits per heavy atom. The number of nitrogens with zero attached hydrogens (tertiary/aromatic N) is 3. The van der Waals surface area contributed by atoms with Crippen molar-refractivity contribution in [3.05, 3.63) is 83.8 Å². The van der Waals surface area contributed by atoms with Crippen molar-refractivity contribution in [1.82, 2.24) is 15.0 Å². The molecule has 10 nitrogen and oxygen atoms in total. The Morgan fingerprint density at radius 3 is 2.57 bits per heavy atom. The first-order valence-electron chi connectivity index (χ1n) is 11.9. The number of nitrogens with one attached hydrogen (secondary N) is 3. The van der Waals surface area contributed by atoms with Crippen molar-refractivity contribution in [2.24, 2.45) is 5.73 Å². The lowest BCUT2D eigenvalue weighted by Crippen LogP contribution is -2.34. The van der Waals surface area contributed by atoms with E-state index in [2.05, 4.69) is 20.3 Å². The lowest BCUT2D eigenvalue weighted by molar-refractivity contribution is -0.142. The van der Waals surface area contributed by atoms with Crippen molar-refractivity contribution in [2.75, 3.05) is 23.4 Å². The van der Waals surface area contributed by atoms with Crippen LogP contribution in [0.4, 0.5) is 11.5 Å². The minimum atomic E-state index is -0.373. The second-order valence-electron chi connectivity index (χ2n) is 8.41. The molecule has 0 aliphatic carbocycles. The largest absolute Gasteiger partial charge is 0.466 e. The van der Waals surface area contributed by atoms with Crippen molar-refractivity contribution in [2.45, 2.75) is 26.3 Å². The van der Waals surface area contributed by atoms with E-state index in [0.717, 1.165) is 11.2 Å². The molecular weight excluding hydrogens is 470 g/mol. The Labute approximate surface area is 214 Å². The predicted molar refractivity (Wildman–Crippen MR) is 143 cm³/mol. The summed E-state index contributed by atoms with van der Waals surface area (Å²) in [5.41, 5.74) is 8.92. The van der Waals surface area contributed by atoms with Crippen LogP contribution in [0, 0.1) is 5.41 Å². The molecule has 4 rings (SSSR count). The molecule has 37 heavy (non-hydrogen) atoms. The van der Waals surface area contributed by atoms with Crippen molar-refractivity contribution in [1.29, 1.82) is 5.41 Å². The number of aromatic nitrogens is 3. The van der Waals surface area contributed by atoms with Gasteiger partial charge in [-0.1, -0.05) is 6.07 Å². The molecule has 2 heterocycles. The van der Waals surface area contributed by atoms with Crippen molar-refractivity contribution >= 4 is 40.3 Å². The number of esters is 1. The first-order valence-corrected chi connectivity index (χ1v) is 11.9. The number of nitrogen functional groups attached to an aromatic ring is 1. The summed E-state index contributed by atoms with van der Waals surface area (Å²) in [6, 6.07) is 17.7. The molecule has 0 spiro atoms. The Balaban J connectivity index is 1.54. The number of fused-ring (bicyclic) bond motifs is 1. The third-order valence-electron chi connectivity index (χ3n) is 5.75. The smallest absolute Gasteiger partial charge is 0.307 e. The summed E-state index contributed by atoms with van der Waals surface area (Å²) in [4.78, 5) is 39.2. The monoisotopic (exact) mass is 499 g/mol. The van der Waals surface area contributed by atoms with E-state index in [9.17, 15) is 9.59 Å². The minimum Gasteiger partial charge on any atom is -0.466 e. The number of aromatic amines is 1. The number of carbonyl (C=O) groups is 2. The molecule has 1 unspecified atom stereocenters. The third kappa shape index (κ3) is 6.10. The van der Waals surface area contributed by atoms with Gasteiger partial charge in [-0.15, -0.1) is 0 Å². The van der Waals surface area contributed by atoms with Gasteiger partial charge in [0.2, 0.25) is 0 Å². The highest BCUT2D eigenvalue weighted by molar-refractivity contribution is 6.07. The van der Waals surface area contributed by atoms with E-state index < -0.39 is 0 Å². The number of benzene rings is 2. The number of amides is 1. The van der Waals surface area contributed by atoms with Crippen LogP contribution in [0.15, 0.2) is 66.9 Å². The third-order valence-corrected chi connectivity index (χ3v) is 5.75. The lowest BCUT2D eigenvalue weighted by atomic mass is 10.1. The summed E-state index contributed by atoms with van der Waals surface area (Å²) in [6.07, 6.45) is 1.66. The van der Waals surface area contributed by atoms with Gasteiger partial charge in [0.25, 0.3) is 5.91 Å². The topological polar surface area (TPSA) is 150 Å². The van der Waals surface area contributed by atoms with Gasteiger partial charge in [-0.3, -0.25) is 19.9 Å². The van der Waals surface area contributed by atoms with Gasteiger partial charge in [-0.05, 0) is 68.4 Å². The molecule has 0 bridgehead atoms. The number of imidazole rings is 1. The average molecular weight is 500 g/mol. The number of carbonyl (C=O) groups excluding carboxylic acids is 2. The fraction of sp³-hybridized carbons (Fsp3) is 0.222. The molecule has 2 aromatic carbocycles. The zero-order chi connectivity index (χ0) is 26.4. The number of hydrogen-bond donors (Lipinski definition) is 4. The van der Waals surface area contributed by atoms with Crippen molar-refractivity contribution in [3.8, 4) is 0 Å². The lowest BCUT2D eigenvalue weighted by Gasteiger charge is -2.21. The van der Waals surface area contributed by atoms with Crippen LogP contribution in [-0.2, 0) is 9.53 Å². The Kier molecular flexibility index (Phi) is 7.77. The fourth-order valence-electron chi connectivity index (χ4n) is 3.86. The summed E-state index contributed by atoms with van der Waals surface area (Å²) in [5.74, 6) is 0.528. The van der Waals surface area contributed by atoms with Gasteiger partial charge in [0.05, 0.1) is 30.1 Å². The molecule has 1 atom stereocenters. The molecule has 0 aliphatic heterocycles. The maximum absolute atomic E-state index is 13.5. The molecule has 0 fully saturated rings. The number of nitrogens with two attached hydrogens (primary N) is 1. The van der Waals surface area contributed by atoms with Gasteiger partial charge in [0.1, 0.15) is 17.5 Å². The second kappa shape index (κ2) is 11.3. The Hall–Kier alpha value is -4.73. The zero-order valence-corrected chi connectivity index (χ0v) is 20.7. The van der Waals surface area contributed by atoms with Gasteiger partial charge >= 0.3 is 5.97 Å². The molecule has 10 heteroatoms. The Morgan fingerprint density at radius 2 is 1.89 bits per heavy atom. The highest BCUT2D eigenvalue weighted by Crippen LogP contribution is 2.23. The number of rotatable bonds is 10. The van der Waals surface area contributed by atoms with Gasteiger partial charge in [0, 0.05) is 29.6 Å². The predicted octanol–water partition coefficient (Wildman–Crippen LogP) is 4.02. The van der Waals surface area contributed by atoms with Crippen molar-refractivity contribution in [3.63, 3.8) is 0 Å². The average Bonchev–Trinajstić information content (AvgIpc) is 3.33. The standard InChI is InChI=1S/C27H29N7O3/c1-3-37-24(35)13-15-34(23-6-4-5-14-30-23)27(36)19-9-12-21-22(16-19)33-26(32-21)17(2)31-20-10-7-18(8-11-20)25(28)29/h4-12,14,16-17,31H,3,13,15H2,1-2H3,(H3,28,29)(H,32,33). The molecule has 5 N–H and O–H groups in total. The van der Waals surface area contributed by atoms with Crippen LogP contribution in [0.1, 0.15) is 48.1 Å². The highest BCUT2D eigenvalue weighted by atomic mass is 16.5. The number of anilines is 2. The fourth-order valence-corrected chi connectivity index (χ4v) is 3.86. The van der Waals surface area contributed by atoms with Crippen LogP contribution in [0.2, 0.25) is 0 Å². The van der Waals surface area contributed by atoms with E-state index in [1.54, 1.807) is 61.7 Å². The minimum absolute atomic E-state index is 0.0183. The molecule has 0 saturated heterocycles. The van der Waals surface area contributed by atoms with Crippen LogP contribution in [0.3, 0.4) is 0 Å². The number of amidine groups is 1. The van der Waals surface area contributed by atoms with Crippen LogP contribution in [-0.4, -0.2) is 45.8 Å². The highest BCUT2D eigenvalue weighted by Gasteiger charge is 2.21. The number of hydrogen-bond acceptors (Lipinski definition) is 7. The summed E-state index contributed by atoms with van der Waals surface area (Å²) in [7, 11) is 0. The van der Waals surface area contributed by atoms with Gasteiger partial charge in [-0.25, -0.2) is 9.97 Å². The Bertz CT molecular complexity index is 1400. The quantitative estimate of drug-likeness (QED) is 0.146. The maximum atomic E-state index is 13.5. The molecular formula is C27H29N7O3. The van der Waals surface area contributed by atoms with E-state index in [1.807, 2.05) is 19.1 Å². The molecule has 1 amide bonds. The molecule has 2 aromatic heterocycles. The SMILES string of the molecule is CCOC(=O)CCN(C(=O)c1ccc2nc(C(C)Nc3ccc(C(=N)N)cc3)[nH]c2c1)c1ccccn1. The van der Waals surface area contributed by atoms with Gasteiger partial charge < -0.3 is 20.8 Å². The van der Waals surface area contributed by atoms with E-state index in [-0.39, 0.29) is 43.3 Å². The number of ether oxygens (including phenoxy) is 1. The van der Waals surface area contributed by atoms with Crippen LogP contribution in [0.25, 0.3) is 11.0 Å². The van der Waals surface area contributed by atoms with Crippen LogP contribution >= 0.6 is 0 Å². The maximum Gasteiger partial charge on any atom is 0.307 e. The first-order chi connectivity index (χ1) is 17.9. The summed E-state index contributed by atoms with van der Waals surface area (Å²) in [6.45, 7) is 4.14.